The fraction of sp³-hybridized carbons (Fsp3) is 0.222. The Labute approximate surface area is 87.7 Å². The maximum absolute atomic E-state index is 11.4. The van der Waals surface area contributed by atoms with Gasteiger partial charge >= 0.3 is 0 Å². The Kier molecular flexibility index (Phi) is 3.23. The van der Waals surface area contributed by atoms with Gasteiger partial charge in [-0.1, -0.05) is 16.5 Å². The second-order valence-electron chi connectivity index (χ2n) is 3.21. The van der Waals surface area contributed by atoms with Gasteiger partial charge < -0.3 is 5.21 Å². The average molecular weight is 229 g/mol. The summed E-state index contributed by atoms with van der Waals surface area (Å²) in [6, 6.07) is 3.07. The molecule has 82 valence electrons. The number of aryl methyl sites for hydroxylation is 2. The second-order valence-corrected chi connectivity index (χ2v) is 4.81. The van der Waals surface area contributed by atoms with Gasteiger partial charge in [0.2, 0.25) is 0 Å². The Bertz CT molecular complexity index is 493. The van der Waals surface area contributed by atoms with E-state index in [-0.39, 0.29) is 10.5 Å². The highest BCUT2D eigenvalue weighted by Gasteiger charge is 2.20. The summed E-state index contributed by atoms with van der Waals surface area (Å²) < 4.78 is 22.8. The molecule has 0 aliphatic carbocycles. The average Bonchev–Trinajstić information content (AvgIpc) is 2.15. The Morgan fingerprint density at radius 3 is 2.40 bits per heavy atom. The largest absolute Gasteiger partial charge is 0.302 e. The summed E-state index contributed by atoms with van der Waals surface area (Å²) in [6.07, 6.45) is 0.449. The van der Waals surface area contributed by atoms with E-state index in [4.69, 9.17) is 5.21 Å². The third kappa shape index (κ3) is 2.23. The highest BCUT2D eigenvalue weighted by Crippen LogP contribution is 2.20. The van der Waals surface area contributed by atoms with E-state index in [2.05, 4.69) is 0 Å². The van der Waals surface area contributed by atoms with Crippen LogP contribution in [-0.4, -0.2) is 19.9 Å². The minimum absolute atomic E-state index is 0.0362. The highest BCUT2D eigenvalue weighted by atomic mass is 32.2. The summed E-state index contributed by atoms with van der Waals surface area (Å²) in [7, 11) is -4.01. The zero-order chi connectivity index (χ0) is 11.6. The number of nitrogens with one attached hydrogen (secondary N) is 1. The van der Waals surface area contributed by atoms with Gasteiger partial charge in [-0.15, -0.1) is 0 Å². The molecule has 1 aromatic carbocycles. The third-order valence-corrected chi connectivity index (χ3v) is 3.30. The lowest BCUT2D eigenvalue weighted by Gasteiger charge is -2.09. The van der Waals surface area contributed by atoms with Gasteiger partial charge in [0, 0.05) is 5.56 Å². The van der Waals surface area contributed by atoms with Gasteiger partial charge in [0.1, 0.15) is 0 Å². The Balaban J connectivity index is 3.61. The lowest BCUT2D eigenvalue weighted by Crippen LogP contribution is -2.22. The van der Waals surface area contributed by atoms with Gasteiger partial charge in [-0.2, -0.15) is 0 Å². The summed E-state index contributed by atoms with van der Waals surface area (Å²) in [5, 5.41) is 8.51. The van der Waals surface area contributed by atoms with Gasteiger partial charge in [0.15, 0.2) is 6.29 Å². The van der Waals surface area contributed by atoms with Gasteiger partial charge in [0.25, 0.3) is 10.0 Å². The lowest BCUT2D eigenvalue weighted by molar-refractivity contribution is 0.112. The van der Waals surface area contributed by atoms with Gasteiger partial charge in [-0.25, -0.2) is 8.42 Å². The molecule has 0 heterocycles. The summed E-state index contributed by atoms with van der Waals surface area (Å²) in [6.45, 7) is 3.31. The zero-order valence-electron chi connectivity index (χ0n) is 8.31. The van der Waals surface area contributed by atoms with E-state index in [0.29, 0.717) is 11.8 Å². The monoisotopic (exact) mass is 229 g/mol. The number of rotatable bonds is 3. The number of hydrogen-bond donors (Lipinski definition) is 2. The maximum atomic E-state index is 11.4. The van der Waals surface area contributed by atoms with Crippen LogP contribution in [0.15, 0.2) is 17.0 Å². The molecule has 15 heavy (non-hydrogen) atoms. The Hall–Kier alpha value is -1.24. The topological polar surface area (TPSA) is 83.5 Å². The van der Waals surface area contributed by atoms with E-state index in [1.54, 1.807) is 19.9 Å². The van der Waals surface area contributed by atoms with E-state index in [0.717, 1.165) is 5.56 Å². The van der Waals surface area contributed by atoms with Crippen molar-refractivity contribution < 1.29 is 18.4 Å². The molecule has 0 spiro atoms. The van der Waals surface area contributed by atoms with Gasteiger partial charge in [-0.05, 0) is 25.5 Å². The summed E-state index contributed by atoms with van der Waals surface area (Å²) in [5.74, 6) is 0. The van der Waals surface area contributed by atoms with Crippen molar-refractivity contribution in [3.63, 3.8) is 0 Å². The van der Waals surface area contributed by atoms with E-state index >= 15 is 0 Å². The van der Waals surface area contributed by atoms with Crippen LogP contribution in [0, 0.1) is 13.8 Å². The molecule has 0 atom stereocenters. The molecule has 0 radical (unpaired) electrons. The fourth-order valence-corrected chi connectivity index (χ4v) is 2.48. The quantitative estimate of drug-likeness (QED) is 0.592. The molecule has 1 rings (SSSR count). The molecule has 0 aromatic heterocycles. The number of hydrogen-bond acceptors (Lipinski definition) is 4. The number of aldehydes is 1. The van der Waals surface area contributed by atoms with Crippen molar-refractivity contribution in [2.75, 3.05) is 0 Å². The highest BCUT2D eigenvalue weighted by molar-refractivity contribution is 7.89. The number of benzene rings is 1. The summed E-state index contributed by atoms with van der Waals surface area (Å²) in [5.41, 5.74) is 1.24. The summed E-state index contributed by atoms with van der Waals surface area (Å²) >= 11 is 0. The van der Waals surface area contributed by atoms with E-state index in [9.17, 15) is 13.2 Å². The van der Waals surface area contributed by atoms with Crippen LogP contribution in [0.4, 0.5) is 0 Å². The van der Waals surface area contributed by atoms with Crippen LogP contribution >= 0.6 is 0 Å². The van der Waals surface area contributed by atoms with E-state index in [1.807, 2.05) is 0 Å². The van der Waals surface area contributed by atoms with Crippen molar-refractivity contribution in [2.24, 2.45) is 0 Å². The maximum Gasteiger partial charge on any atom is 0.263 e. The van der Waals surface area contributed by atoms with Crippen molar-refractivity contribution in [1.29, 1.82) is 0 Å². The molecular weight excluding hydrogens is 218 g/mol. The van der Waals surface area contributed by atoms with E-state index in [1.165, 1.54) is 11.0 Å². The second kappa shape index (κ2) is 4.09. The molecule has 5 nitrogen and oxygen atoms in total. The van der Waals surface area contributed by atoms with Crippen LogP contribution in [0.1, 0.15) is 21.5 Å². The molecule has 0 aliphatic rings. The number of carbonyl (C=O) groups excluding carboxylic acids is 1. The predicted octanol–water partition coefficient (Wildman–Crippen LogP) is 0.783. The van der Waals surface area contributed by atoms with Crippen LogP contribution in [-0.2, 0) is 10.0 Å². The van der Waals surface area contributed by atoms with Crippen molar-refractivity contribution in [2.45, 2.75) is 18.7 Å². The molecule has 0 fully saturated rings. The molecule has 6 heteroatoms. The van der Waals surface area contributed by atoms with Crippen LogP contribution in [0.3, 0.4) is 0 Å². The third-order valence-electron chi connectivity index (χ3n) is 1.96. The molecule has 0 saturated carbocycles. The van der Waals surface area contributed by atoms with Crippen molar-refractivity contribution in [3.8, 4) is 0 Å². The Morgan fingerprint density at radius 1 is 1.33 bits per heavy atom. The lowest BCUT2D eigenvalue weighted by atomic mass is 10.1. The zero-order valence-corrected chi connectivity index (χ0v) is 9.13. The van der Waals surface area contributed by atoms with Crippen LogP contribution in [0.5, 0.6) is 0 Å². The van der Waals surface area contributed by atoms with Crippen LogP contribution in [0.2, 0.25) is 0 Å². The number of carbonyl (C=O) groups is 1. The van der Waals surface area contributed by atoms with Crippen LogP contribution in [0.25, 0.3) is 0 Å². The number of sulfonamides is 1. The molecule has 0 aliphatic heterocycles. The van der Waals surface area contributed by atoms with Gasteiger partial charge in [-0.3, -0.25) is 4.79 Å². The van der Waals surface area contributed by atoms with E-state index < -0.39 is 10.0 Å². The van der Waals surface area contributed by atoms with Crippen LogP contribution < -0.4 is 4.89 Å². The fourth-order valence-electron chi connectivity index (χ4n) is 1.49. The molecule has 1 aromatic rings. The summed E-state index contributed by atoms with van der Waals surface area (Å²) in [4.78, 5) is 11.7. The SMILES string of the molecule is Cc1cc(C)c(S(=O)(=O)NO)c(C=O)c1. The normalized spacial score (nSPS) is 11.4. The molecule has 0 amide bonds. The first-order valence-corrected chi connectivity index (χ1v) is 5.63. The molecule has 0 saturated heterocycles. The molecular formula is C9H11NO4S. The molecule has 2 N–H and O–H groups in total. The standard InChI is InChI=1S/C9H11NO4S/c1-6-3-7(2)9(8(4-6)5-11)15(13,14)10-12/h3-5,10,12H,1-2H3. The van der Waals surface area contributed by atoms with Crippen molar-refractivity contribution >= 4 is 16.3 Å². The Morgan fingerprint density at radius 2 is 1.93 bits per heavy atom. The molecule has 0 unspecified atom stereocenters. The smallest absolute Gasteiger partial charge is 0.263 e. The first-order chi connectivity index (χ1) is 6.92. The minimum Gasteiger partial charge on any atom is -0.302 e. The molecule has 0 bridgehead atoms. The van der Waals surface area contributed by atoms with Gasteiger partial charge in [0.05, 0.1) is 4.90 Å². The first kappa shape index (κ1) is 11.8. The van der Waals surface area contributed by atoms with Crippen molar-refractivity contribution in [3.05, 3.63) is 28.8 Å². The first-order valence-electron chi connectivity index (χ1n) is 4.14. The predicted molar refractivity (Wildman–Crippen MR) is 53.4 cm³/mol. The van der Waals surface area contributed by atoms with Crippen molar-refractivity contribution in [1.82, 2.24) is 4.89 Å². The minimum atomic E-state index is -4.01.